The summed E-state index contributed by atoms with van der Waals surface area (Å²) in [6.07, 6.45) is 2.59. The molecule has 2 aromatic heterocycles. The first-order valence-electron chi connectivity index (χ1n) is 6.36. The SMILES string of the molecule is COCCCNC(=O)c1cnn2ccc(NC(=O)O)cc12. The summed E-state index contributed by atoms with van der Waals surface area (Å²) in [6.45, 7) is 1.07. The van der Waals surface area contributed by atoms with Gasteiger partial charge in [0.1, 0.15) is 0 Å². The molecule has 8 nitrogen and oxygen atoms in total. The van der Waals surface area contributed by atoms with E-state index in [1.54, 1.807) is 25.4 Å². The highest BCUT2D eigenvalue weighted by atomic mass is 16.5. The standard InChI is InChI=1S/C13H16N4O4/c1-21-6-2-4-14-12(18)10-8-15-17-5-3-9(7-11(10)17)16-13(19)20/h3,5,7-8,16H,2,4,6H2,1H3,(H,14,18)(H,19,20). The number of methoxy groups -OCH3 is 1. The Morgan fingerprint density at radius 2 is 2.29 bits per heavy atom. The molecule has 0 bridgehead atoms. The molecule has 0 saturated carbocycles. The Hall–Kier alpha value is -2.61. The zero-order chi connectivity index (χ0) is 15.2. The van der Waals surface area contributed by atoms with E-state index in [9.17, 15) is 9.59 Å². The van der Waals surface area contributed by atoms with Crippen molar-refractivity contribution in [2.24, 2.45) is 0 Å². The van der Waals surface area contributed by atoms with E-state index >= 15 is 0 Å². The summed E-state index contributed by atoms with van der Waals surface area (Å²) >= 11 is 0. The van der Waals surface area contributed by atoms with Gasteiger partial charge in [-0.05, 0) is 18.6 Å². The summed E-state index contributed by atoms with van der Waals surface area (Å²) in [5, 5.41) is 17.8. The lowest BCUT2D eigenvalue weighted by atomic mass is 10.2. The van der Waals surface area contributed by atoms with Gasteiger partial charge in [-0.2, -0.15) is 5.10 Å². The van der Waals surface area contributed by atoms with Gasteiger partial charge < -0.3 is 15.2 Å². The molecule has 0 unspecified atom stereocenters. The third-order valence-corrected chi connectivity index (χ3v) is 2.83. The van der Waals surface area contributed by atoms with Gasteiger partial charge in [0.05, 0.1) is 17.3 Å². The highest BCUT2D eigenvalue weighted by Crippen LogP contribution is 2.16. The minimum absolute atomic E-state index is 0.256. The zero-order valence-electron chi connectivity index (χ0n) is 11.5. The maximum Gasteiger partial charge on any atom is 0.409 e. The van der Waals surface area contributed by atoms with Crippen molar-refractivity contribution in [1.82, 2.24) is 14.9 Å². The van der Waals surface area contributed by atoms with Gasteiger partial charge in [-0.1, -0.05) is 0 Å². The molecule has 0 spiro atoms. The first kappa shape index (κ1) is 14.8. The molecule has 0 aliphatic carbocycles. The number of ether oxygens (including phenoxy) is 1. The Morgan fingerprint density at radius 1 is 1.48 bits per heavy atom. The maximum atomic E-state index is 12.1. The lowest BCUT2D eigenvalue weighted by molar-refractivity contribution is 0.0950. The summed E-state index contributed by atoms with van der Waals surface area (Å²) < 4.78 is 6.42. The number of aromatic nitrogens is 2. The number of amides is 2. The number of nitrogens with zero attached hydrogens (tertiary/aromatic N) is 2. The number of nitrogens with one attached hydrogen (secondary N) is 2. The second-order valence-corrected chi connectivity index (χ2v) is 4.34. The molecule has 0 atom stereocenters. The van der Waals surface area contributed by atoms with E-state index in [4.69, 9.17) is 9.84 Å². The first-order valence-corrected chi connectivity index (χ1v) is 6.36. The predicted octanol–water partition coefficient (Wildman–Crippen LogP) is 1.19. The average molecular weight is 292 g/mol. The molecule has 8 heteroatoms. The van der Waals surface area contributed by atoms with Gasteiger partial charge in [-0.3, -0.25) is 10.1 Å². The van der Waals surface area contributed by atoms with Crippen molar-refractivity contribution in [2.75, 3.05) is 25.6 Å². The molecule has 2 aromatic rings. The smallest absolute Gasteiger partial charge is 0.409 e. The number of hydrogen-bond acceptors (Lipinski definition) is 4. The second kappa shape index (κ2) is 6.71. The van der Waals surface area contributed by atoms with Gasteiger partial charge in [-0.15, -0.1) is 0 Å². The van der Waals surface area contributed by atoms with Crippen molar-refractivity contribution >= 4 is 23.2 Å². The van der Waals surface area contributed by atoms with Crippen molar-refractivity contribution in [3.63, 3.8) is 0 Å². The Labute approximate surface area is 120 Å². The van der Waals surface area contributed by atoms with Crippen LogP contribution < -0.4 is 10.6 Å². The van der Waals surface area contributed by atoms with Gasteiger partial charge in [0.2, 0.25) is 0 Å². The van der Waals surface area contributed by atoms with Crippen LogP contribution in [-0.4, -0.2) is 47.0 Å². The first-order chi connectivity index (χ1) is 10.1. The van der Waals surface area contributed by atoms with Gasteiger partial charge in [0.25, 0.3) is 5.91 Å². The topological polar surface area (TPSA) is 105 Å². The van der Waals surface area contributed by atoms with Crippen LogP contribution in [0.25, 0.3) is 5.52 Å². The second-order valence-electron chi connectivity index (χ2n) is 4.34. The van der Waals surface area contributed by atoms with Crippen LogP contribution in [0.2, 0.25) is 0 Å². The van der Waals surface area contributed by atoms with Crippen LogP contribution in [0.3, 0.4) is 0 Å². The molecule has 2 heterocycles. The summed E-state index contributed by atoms with van der Waals surface area (Å²) in [6, 6.07) is 3.12. The van der Waals surface area contributed by atoms with Gasteiger partial charge in [0.15, 0.2) is 0 Å². The summed E-state index contributed by atoms with van der Waals surface area (Å²) in [7, 11) is 1.60. The van der Waals surface area contributed by atoms with Crippen LogP contribution >= 0.6 is 0 Å². The van der Waals surface area contributed by atoms with Gasteiger partial charge >= 0.3 is 6.09 Å². The number of hydrogen-bond donors (Lipinski definition) is 3. The lowest BCUT2D eigenvalue weighted by Gasteiger charge is -2.05. The van der Waals surface area contributed by atoms with E-state index in [1.165, 1.54) is 10.7 Å². The Kier molecular flexibility index (Phi) is 4.72. The van der Waals surface area contributed by atoms with Crippen molar-refractivity contribution < 1.29 is 19.4 Å². The highest BCUT2D eigenvalue weighted by Gasteiger charge is 2.13. The van der Waals surface area contributed by atoms with Crippen LogP contribution in [0, 0.1) is 0 Å². The van der Waals surface area contributed by atoms with Crippen LogP contribution in [0.5, 0.6) is 0 Å². The fourth-order valence-electron chi connectivity index (χ4n) is 1.87. The number of fused-ring (bicyclic) bond motifs is 1. The van der Waals surface area contributed by atoms with Gasteiger partial charge in [-0.25, -0.2) is 9.31 Å². The lowest BCUT2D eigenvalue weighted by Crippen LogP contribution is -2.25. The molecule has 3 N–H and O–H groups in total. The van der Waals surface area contributed by atoms with Gasteiger partial charge in [0, 0.05) is 32.1 Å². The number of anilines is 1. The summed E-state index contributed by atoms with van der Waals surface area (Å²) in [5.41, 5.74) is 1.30. The van der Waals surface area contributed by atoms with E-state index in [0.717, 1.165) is 0 Å². The van der Waals surface area contributed by atoms with E-state index < -0.39 is 6.09 Å². The zero-order valence-corrected chi connectivity index (χ0v) is 11.5. The maximum absolute atomic E-state index is 12.1. The van der Waals surface area contributed by atoms with E-state index in [1.807, 2.05) is 0 Å². The largest absolute Gasteiger partial charge is 0.465 e. The quantitative estimate of drug-likeness (QED) is 0.694. The number of pyridine rings is 1. The van der Waals surface area contributed by atoms with Crippen molar-refractivity contribution in [3.8, 4) is 0 Å². The summed E-state index contributed by atoms with van der Waals surface area (Å²) in [4.78, 5) is 22.7. The van der Waals surface area contributed by atoms with E-state index in [-0.39, 0.29) is 5.91 Å². The molecule has 0 fully saturated rings. The van der Waals surface area contributed by atoms with Crippen molar-refractivity contribution in [3.05, 3.63) is 30.1 Å². The predicted molar refractivity (Wildman–Crippen MR) is 75.7 cm³/mol. The Balaban J connectivity index is 2.15. The third-order valence-electron chi connectivity index (χ3n) is 2.83. The molecule has 2 amide bonds. The van der Waals surface area contributed by atoms with Crippen LogP contribution in [-0.2, 0) is 4.74 Å². The molecule has 2 rings (SSSR count). The third kappa shape index (κ3) is 3.69. The summed E-state index contributed by atoms with van der Waals surface area (Å²) in [5.74, 6) is -0.256. The number of carboxylic acid groups (broad SMARTS) is 1. The highest BCUT2D eigenvalue weighted by molar-refractivity contribution is 6.01. The van der Waals surface area contributed by atoms with E-state index in [2.05, 4.69) is 15.7 Å². The average Bonchev–Trinajstić information content (AvgIpc) is 2.86. The fourth-order valence-corrected chi connectivity index (χ4v) is 1.87. The molecule has 0 radical (unpaired) electrons. The minimum atomic E-state index is -1.16. The molecule has 0 aliphatic heterocycles. The normalized spacial score (nSPS) is 10.5. The van der Waals surface area contributed by atoms with Crippen molar-refractivity contribution in [2.45, 2.75) is 6.42 Å². The molecule has 0 aromatic carbocycles. The number of rotatable bonds is 6. The number of carbonyl (C=O) groups excluding carboxylic acids is 1. The van der Waals surface area contributed by atoms with Crippen LogP contribution in [0.1, 0.15) is 16.8 Å². The van der Waals surface area contributed by atoms with E-state index in [0.29, 0.717) is 36.3 Å². The fraction of sp³-hybridized carbons (Fsp3) is 0.308. The molecule has 0 aliphatic rings. The Morgan fingerprint density at radius 3 is 3.00 bits per heavy atom. The molecular weight excluding hydrogens is 276 g/mol. The molecule has 21 heavy (non-hydrogen) atoms. The molecule has 0 saturated heterocycles. The van der Waals surface area contributed by atoms with Crippen molar-refractivity contribution in [1.29, 1.82) is 0 Å². The monoisotopic (exact) mass is 292 g/mol. The molecule has 112 valence electrons. The van der Waals surface area contributed by atoms with Crippen LogP contribution in [0.15, 0.2) is 24.5 Å². The Bertz CT molecular complexity index is 653. The molecular formula is C13H16N4O4. The number of carbonyl (C=O) groups is 2. The minimum Gasteiger partial charge on any atom is -0.465 e. The van der Waals surface area contributed by atoms with Crippen LogP contribution in [0.4, 0.5) is 10.5 Å².